The number of halogens is 1. The highest BCUT2D eigenvalue weighted by Crippen LogP contribution is 2.27. The molecule has 0 spiro atoms. The number of nitrogens with two attached hydrogens (primary N) is 2. The molecule has 0 radical (unpaired) electrons. The van der Waals surface area contributed by atoms with E-state index in [4.69, 9.17) is 28.2 Å². The fourth-order valence-corrected chi connectivity index (χ4v) is 3.00. The van der Waals surface area contributed by atoms with Crippen LogP contribution in [0.2, 0.25) is 5.02 Å². The number of aromatic nitrogens is 2. The van der Waals surface area contributed by atoms with Gasteiger partial charge in [-0.05, 0) is 24.6 Å². The standard InChI is InChI=1S/C15H16ClN5O3S/c1-2-10(25-15-20-11(17)6-12(18)21-15)13(22)19-9-5-7(14(23)24)3-4-8(9)16/h3-6,10H,2H2,1H3,(H,19,22)(H,23,24)(H4,17,18,20,21). The van der Waals surface area contributed by atoms with Gasteiger partial charge in [-0.15, -0.1) is 0 Å². The van der Waals surface area contributed by atoms with Crippen molar-refractivity contribution in [3.8, 4) is 0 Å². The Labute approximate surface area is 153 Å². The van der Waals surface area contributed by atoms with Gasteiger partial charge in [0.2, 0.25) is 5.91 Å². The maximum atomic E-state index is 12.5. The van der Waals surface area contributed by atoms with Gasteiger partial charge in [0.05, 0.1) is 21.5 Å². The SMILES string of the molecule is CCC(Sc1nc(N)cc(N)n1)C(=O)Nc1cc(C(=O)O)ccc1Cl. The van der Waals surface area contributed by atoms with E-state index in [0.717, 1.165) is 11.8 Å². The molecule has 2 aromatic rings. The van der Waals surface area contributed by atoms with Crippen molar-refractivity contribution in [3.63, 3.8) is 0 Å². The molecule has 0 aliphatic heterocycles. The lowest BCUT2D eigenvalue weighted by atomic mass is 10.2. The Hall–Kier alpha value is -2.52. The first-order valence-corrected chi connectivity index (χ1v) is 8.46. The molecule has 1 atom stereocenters. The third-order valence-corrected chi connectivity index (χ3v) is 4.68. The van der Waals surface area contributed by atoms with Crippen LogP contribution in [0.4, 0.5) is 17.3 Å². The van der Waals surface area contributed by atoms with E-state index in [-0.39, 0.29) is 39.0 Å². The fraction of sp³-hybridized carbons (Fsp3) is 0.200. The van der Waals surface area contributed by atoms with E-state index < -0.39 is 11.2 Å². The smallest absolute Gasteiger partial charge is 0.335 e. The summed E-state index contributed by atoms with van der Waals surface area (Å²) >= 11 is 7.13. The third-order valence-electron chi connectivity index (χ3n) is 3.13. The molecule has 1 aromatic heterocycles. The quantitative estimate of drug-likeness (QED) is 0.441. The van der Waals surface area contributed by atoms with Gasteiger partial charge in [-0.25, -0.2) is 14.8 Å². The zero-order valence-corrected chi connectivity index (χ0v) is 14.8. The van der Waals surface area contributed by atoms with Crippen molar-refractivity contribution in [2.45, 2.75) is 23.8 Å². The van der Waals surface area contributed by atoms with Gasteiger partial charge in [-0.2, -0.15) is 0 Å². The summed E-state index contributed by atoms with van der Waals surface area (Å²) in [5, 5.41) is 11.7. The zero-order valence-electron chi connectivity index (χ0n) is 13.2. The van der Waals surface area contributed by atoms with Gasteiger partial charge in [-0.1, -0.05) is 30.3 Å². The summed E-state index contributed by atoms with van der Waals surface area (Å²) in [6.45, 7) is 1.82. The molecular weight excluding hydrogens is 366 g/mol. The van der Waals surface area contributed by atoms with E-state index in [1.165, 1.54) is 24.3 Å². The molecule has 0 bridgehead atoms. The predicted molar refractivity (Wildman–Crippen MR) is 97.8 cm³/mol. The number of rotatable bonds is 6. The van der Waals surface area contributed by atoms with Crippen LogP contribution in [-0.2, 0) is 4.79 Å². The van der Waals surface area contributed by atoms with Crippen LogP contribution in [0.1, 0.15) is 23.7 Å². The first-order chi connectivity index (χ1) is 11.8. The molecule has 1 aromatic carbocycles. The lowest BCUT2D eigenvalue weighted by Crippen LogP contribution is -2.25. The van der Waals surface area contributed by atoms with Crippen LogP contribution in [0.3, 0.4) is 0 Å². The number of hydrogen-bond donors (Lipinski definition) is 4. The normalized spacial score (nSPS) is 11.8. The highest BCUT2D eigenvalue weighted by molar-refractivity contribution is 8.00. The number of amides is 1. The molecule has 6 N–H and O–H groups in total. The van der Waals surface area contributed by atoms with Crippen molar-refractivity contribution in [1.29, 1.82) is 0 Å². The maximum Gasteiger partial charge on any atom is 0.335 e. The molecule has 132 valence electrons. The van der Waals surface area contributed by atoms with E-state index in [1.807, 2.05) is 6.92 Å². The Balaban J connectivity index is 2.17. The summed E-state index contributed by atoms with van der Waals surface area (Å²) in [4.78, 5) is 31.6. The molecule has 1 amide bonds. The number of thioether (sulfide) groups is 1. The van der Waals surface area contributed by atoms with Gasteiger partial charge in [0.15, 0.2) is 5.16 Å². The Bertz CT molecular complexity index is 797. The molecule has 0 saturated heterocycles. The van der Waals surface area contributed by atoms with E-state index in [1.54, 1.807) is 0 Å². The molecular formula is C15H16ClN5O3S. The third kappa shape index (κ3) is 4.97. The molecule has 1 unspecified atom stereocenters. The van der Waals surface area contributed by atoms with E-state index in [0.29, 0.717) is 6.42 Å². The van der Waals surface area contributed by atoms with E-state index >= 15 is 0 Å². The molecule has 25 heavy (non-hydrogen) atoms. The van der Waals surface area contributed by atoms with Gasteiger partial charge in [0, 0.05) is 6.07 Å². The summed E-state index contributed by atoms with van der Waals surface area (Å²) < 4.78 is 0. The molecule has 0 fully saturated rings. The number of nitrogen functional groups attached to an aromatic ring is 2. The summed E-state index contributed by atoms with van der Waals surface area (Å²) in [5.74, 6) is -1.05. The maximum absolute atomic E-state index is 12.5. The van der Waals surface area contributed by atoms with E-state index in [2.05, 4.69) is 15.3 Å². The molecule has 2 rings (SSSR count). The number of carboxylic acids is 1. The fourth-order valence-electron chi connectivity index (χ4n) is 1.93. The second-order valence-electron chi connectivity index (χ2n) is 5.00. The summed E-state index contributed by atoms with van der Waals surface area (Å²) in [6.07, 6.45) is 0.477. The number of hydrogen-bond acceptors (Lipinski definition) is 7. The van der Waals surface area contributed by atoms with Crippen molar-refractivity contribution < 1.29 is 14.7 Å². The molecule has 0 saturated carbocycles. The van der Waals surface area contributed by atoms with Crippen LogP contribution in [-0.4, -0.2) is 32.2 Å². The van der Waals surface area contributed by atoms with Crippen LogP contribution < -0.4 is 16.8 Å². The second kappa shape index (κ2) is 8.04. The number of aromatic carboxylic acids is 1. The molecule has 10 heteroatoms. The number of nitrogens with one attached hydrogen (secondary N) is 1. The molecule has 0 aliphatic carbocycles. The molecule has 8 nitrogen and oxygen atoms in total. The predicted octanol–water partition coefficient (Wildman–Crippen LogP) is 2.50. The number of carbonyl (C=O) groups is 2. The van der Waals surface area contributed by atoms with Gasteiger partial charge in [-0.3, -0.25) is 4.79 Å². The van der Waals surface area contributed by atoms with Crippen molar-refractivity contribution in [2.75, 3.05) is 16.8 Å². The van der Waals surface area contributed by atoms with Crippen molar-refractivity contribution in [1.82, 2.24) is 9.97 Å². The van der Waals surface area contributed by atoms with Crippen LogP contribution in [0.5, 0.6) is 0 Å². The number of carbonyl (C=O) groups excluding carboxylic acids is 1. The Morgan fingerprint density at radius 1 is 1.28 bits per heavy atom. The second-order valence-corrected chi connectivity index (χ2v) is 6.58. The minimum Gasteiger partial charge on any atom is -0.478 e. The highest BCUT2D eigenvalue weighted by Gasteiger charge is 2.21. The molecule has 1 heterocycles. The number of benzene rings is 1. The lowest BCUT2D eigenvalue weighted by molar-refractivity contribution is -0.115. The summed E-state index contributed by atoms with van der Waals surface area (Å²) in [6, 6.07) is 5.49. The minimum absolute atomic E-state index is 0.0207. The van der Waals surface area contributed by atoms with Crippen molar-refractivity contribution >= 4 is 52.6 Å². The zero-order chi connectivity index (χ0) is 18.6. The van der Waals surface area contributed by atoms with Crippen LogP contribution in [0, 0.1) is 0 Å². The van der Waals surface area contributed by atoms with Crippen molar-refractivity contribution in [3.05, 3.63) is 34.9 Å². The first kappa shape index (κ1) is 18.8. The van der Waals surface area contributed by atoms with Crippen LogP contribution >= 0.6 is 23.4 Å². The summed E-state index contributed by atoms with van der Waals surface area (Å²) in [5.41, 5.74) is 11.5. The number of carboxylic acid groups (broad SMARTS) is 1. The lowest BCUT2D eigenvalue weighted by Gasteiger charge is -2.15. The van der Waals surface area contributed by atoms with Gasteiger partial charge < -0.3 is 21.9 Å². The minimum atomic E-state index is -1.11. The average molecular weight is 382 g/mol. The van der Waals surface area contributed by atoms with Gasteiger partial charge >= 0.3 is 5.97 Å². The Morgan fingerprint density at radius 2 is 1.92 bits per heavy atom. The summed E-state index contributed by atoms with van der Waals surface area (Å²) in [7, 11) is 0. The molecule has 0 aliphatic rings. The highest BCUT2D eigenvalue weighted by atomic mass is 35.5. The number of nitrogens with zero attached hydrogens (tertiary/aromatic N) is 2. The monoisotopic (exact) mass is 381 g/mol. The van der Waals surface area contributed by atoms with Crippen LogP contribution in [0.15, 0.2) is 29.4 Å². The topological polar surface area (TPSA) is 144 Å². The van der Waals surface area contributed by atoms with Crippen LogP contribution in [0.25, 0.3) is 0 Å². The number of anilines is 3. The van der Waals surface area contributed by atoms with Gasteiger partial charge in [0.25, 0.3) is 0 Å². The average Bonchev–Trinajstić information content (AvgIpc) is 2.53. The van der Waals surface area contributed by atoms with Gasteiger partial charge in [0.1, 0.15) is 11.6 Å². The largest absolute Gasteiger partial charge is 0.478 e. The van der Waals surface area contributed by atoms with E-state index in [9.17, 15) is 9.59 Å². The Kier molecular flexibility index (Phi) is 6.05. The van der Waals surface area contributed by atoms with Crippen molar-refractivity contribution in [2.24, 2.45) is 0 Å². The Morgan fingerprint density at radius 3 is 2.48 bits per heavy atom. The first-order valence-electron chi connectivity index (χ1n) is 7.20.